The maximum absolute atomic E-state index is 12.6. The van der Waals surface area contributed by atoms with Crippen molar-refractivity contribution < 1.29 is 23.8 Å². The fourth-order valence-corrected chi connectivity index (χ4v) is 0.730. The number of phenolic OH excluding ortho intramolecular Hbond substituents is 1. The molecule has 0 aliphatic rings. The molecule has 64 valence electrons. The zero-order valence-corrected chi connectivity index (χ0v) is 5.71. The highest BCUT2D eigenvalue weighted by Gasteiger charge is 2.15. The number of halogens is 2. The van der Waals surface area contributed by atoms with Gasteiger partial charge < -0.3 is 10.2 Å². The SMILES string of the molecule is O=C(O)c1cc(F)cc(O)c1F. The molecular weight excluding hydrogens is 170 g/mol. The third-order valence-electron chi connectivity index (χ3n) is 1.25. The first-order chi connectivity index (χ1) is 5.52. The first-order valence-electron chi connectivity index (χ1n) is 2.93. The molecule has 0 saturated carbocycles. The Bertz CT molecular complexity index is 336. The van der Waals surface area contributed by atoms with Gasteiger partial charge in [-0.25, -0.2) is 13.6 Å². The summed E-state index contributed by atoms with van der Waals surface area (Å²) in [7, 11) is 0. The second-order valence-electron chi connectivity index (χ2n) is 2.09. The molecule has 0 aliphatic heterocycles. The van der Waals surface area contributed by atoms with E-state index >= 15 is 0 Å². The fourth-order valence-electron chi connectivity index (χ4n) is 0.730. The van der Waals surface area contributed by atoms with E-state index in [1.807, 2.05) is 0 Å². The van der Waals surface area contributed by atoms with E-state index in [1.54, 1.807) is 0 Å². The van der Waals surface area contributed by atoms with Crippen molar-refractivity contribution in [2.75, 3.05) is 0 Å². The lowest BCUT2D eigenvalue weighted by Crippen LogP contribution is -2.01. The molecule has 1 aromatic carbocycles. The Morgan fingerprint density at radius 2 is 1.92 bits per heavy atom. The van der Waals surface area contributed by atoms with E-state index in [2.05, 4.69) is 0 Å². The maximum Gasteiger partial charge on any atom is 0.338 e. The van der Waals surface area contributed by atoms with Gasteiger partial charge in [-0.05, 0) is 6.07 Å². The molecule has 0 unspecified atom stereocenters. The van der Waals surface area contributed by atoms with Crippen LogP contribution in [0.2, 0.25) is 0 Å². The molecule has 0 fully saturated rings. The summed E-state index contributed by atoms with van der Waals surface area (Å²) in [5, 5.41) is 16.9. The Morgan fingerprint density at radius 3 is 2.42 bits per heavy atom. The summed E-state index contributed by atoms with van der Waals surface area (Å²) < 4.78 is 25.0. The third-order valence-corrected chi connectivity index (χ3v) is 1.25. The molecule has 0 radical (unpaired) electrons. The molecule has 1 aromatic rings. The number of carboxylic acid groups (broad SMARTS) is 1. The minimum Gasteiger partial charge on any atom is -0.505 e. The van der Waals surface area contributed by atoms with E-state index in [1.165, 1.54) is 0 Å². The van der Waals surface area contributed by atoms with Crippen LogP contribution in [0.3, 0.4) is 0 Å². The molecule has 1 rings (SSSR count). The Kier molecular flexibility index (Phi) is 1.95. The lowest BCUT2D eigenvalue weighted by molar-refractivity contribution is 0.0690. The summed E-state index contributed by atoms with van der Waals surface area (Å²) >= 11 is 0. The van der Waals surface area contributed by atoms with E-state index in [0.29, 0.717) is 12.1 Å². The lowest BCUT2D eigenvalue weighted by Gasteiger charge is -1.99. The molecule has 12 heavy (non-hydrogen) atoms. The number of carboxylic acids is 1. The van der Waals surface area contributed by atoms with Crippen LogP contribution in [0.4, 0.5) is 8.78 Å². The second kappa shape index (κ2) is 2.77. The van der Waals surface area contributed by atoms with E-state index in [0.717, 1.165) is 0 Å². The van der Waals surface area contributed by atoms with Gasteiger partial charge in [-0.15, -0.1) is 0 Å². The Labute approximate surface area is 65.9 Å². The number of benzene rings is 1. The summed E-state index contributed by atoms with van der Waals surface area (Å²) in [5.41, 5.74) is -0.882. The average molecular weight is 174 g/mol. The third kappa shape index (κ3) is 1.34. The monoisotopic (exact) mass is 174 g/mol. The molecule has 0 bridgehead atoms. The highest BCUT2D eigenvalue weighted by Crippen LogP contribution is 2.20. The van der Waals surface area contributed by atoms with Crippen LogP contribution in [0.1, 0.15) is 10.4 Å². The van der Waals surface area contributed by atoms with Crippen LogP contribution in [-0.2, 0) is 0 Å². The van der Waals surface area contributed by atoms with Crippen LogP contribution in [0.15, 0.2) is 12.1 Å². The van der Waals surface area contributed by atoms with Crippen molar-refractivity contribution in [1.82, 2.24) is 0 Å². The number of aromatic hydroxyl groups is 1. The van der Waals surface area contributed by atoms with E-state index in [4.69, 9.17) is 10.2 Å². The van der Waals surface area contributed by atoms with Gasteiger partial charge in [0.15, 0.2) is 11.6 Å². The smallest absolute Gasteiger partial charge is 0.338 e. The molecule has 0 aromatic heterocycles. The molecule has 0 atom stereocenters. The predicted molar refractivity (Wildman–Crippen MR) is 35.0 cm³/mol. The summed E-state index contributed by atoms with van der Waals surface area (Å²) in [4.78, 5) is 10.2. The van der Waals surface area contributed by atoms with Gasteiger partial charge in [0.25, 0.3) is 0 Å². The summed E-state index contributed by atoms with van der Waals surface area (Å²) in [6, 6.07) is 0.999. The first kappa shape index (κ1) is 8.45. The molecule has 0 heterocycles. The van der Waals surface area contributed by atoms with Crippen molar-refractivity contribution in [1.29, 1.82) is 0 Å². The first-order valence-corrected chi connectivity index (χ1v) is 2.93. The molecule has 3 nitrogen and oxygen atoms in total. The van der Waals surface area contributed by atoms with E-state index in [-0.39, 0.29) is 0 Å². The van der Waals surface area contributed by atoms with Gasteiger partial charge in [-0.1, -0.05) is 0 Å². The number of hydrogen-bond acceptors (Lipinski definition) is 2. The quantitative estimate of drug-likeness (QED) is 0.675. The standard InChI is InChI=1S/C7H4F2O3/c8-3-1-4(7(11)12)6(9)5(10)2-3/h1-2,10H,(H,11,12). The molecule has 5 heteroatoms. The molecule has 0 spiro atoms. The van der Waals surface area contributed by atoms with E-state index in [9.17, 15) is 13.6 Å². The largest absolute Gasteiger partial charge is 0.505 e. The summed E-state index contributed by atoms with van der Waals surface area (Å²) in [5.74, 6) is -4.95. The van der Waals surface area contributed by atoms with Crippen LogP contribution in [-0.4, -0.2) is 16.2 Å². The van der Waals surface area contributed by atoms with Crippen LogP contribution in [0.25, 0.3) is 0 Å². The zero-order chi connectivity index (χ0) is 9.30. The van der Waals surface area contributed by atoms with Gasteiger partial charge in [-0.2, -0.15) is 0 Å². The van der Waals surface area contributed by atoms with Gasteiger partial charge in [-0.3, -0.25) is 0 Å². The van der Waals surface area contributed by atoms with Crippen molar-refractivity contribution >= 4 is 5.97 Å². The average Bonchev–Trinajstić information content (AvgIpc) is 1.96. The fraction of sp³-hybridized carbons (Fsp3) is 0. The minimum absolute atomic E-state index is 0.497. The molecule has 2 N–H and O–H groups in total. The molecule has 0 aliphatic carbocycles. The lowest BCUT2D eigenvalue weighted by atomic mass is 10.2. The minimum atomic E-state index is -1.62. The van der Waals surface area contributed by atoms with Gasteiger partial charge in [0.2, 0.25) is 0 Å². The topological polar surface area (TPSA) is 57.5 Å². The Hall–Kier alpha value is -1.65. The second-order valence-corrected chi connectivity index (χ2v) is 2.09. The number of rotatable bonds is 1. The highest BCUT2D eigenvalue weighted by molar-refractivity contribution is 5.88. The van der Waals surface area contributed by atoms with Crippen molar-refractivity contribution in [3.05, 3.63) is 29.3 Å². The van der Waals surface area contributed by atoms with Gasteiger partial charge in [0, 0.05) is 6.07 Å². The number of hydrogen-bond donors (Lipinski definition) is 2. The molecule has 0 amide bonds. The van der Waals surface area contributed by atoms with Gasteiger partial charge in [0.1, 0.15) is 11.4 Å². The molecule has 0 saturated heterocycles. The van der Waals surface area contributed by atoms with Crippen LogP contribution in [0, 0.1) is 11.6 Å². The van der Waals surface area contributed by atoms with Crippen LogP contribution in [0.5, 0.6) is 5.75 Å². The zero-order valence-electron chi connectivity index (χ0n) is 5.71. The number of phenols is 1. The number of carbonyl (C=O) groups is 1. The van der Waals surface area contributed by atoms with Crippen molar-refractivity contribution in [3.63, 3.8) is 0 Å². The predicted octanol–water partition coefficient (Wildman–Crippen LogP) is 1.37. The highest BCUT2D eigenvalue weighted by atomic mass is 19.1. The molecular formula is C7H4F2O3. The Balaban J connectivity index is 3.37. The maximum atomic E-state index is 12.6. The Morgan fingerprint density at radius 1 is 1.33 bits per heavy atom. The van der Waals surface area contributed by atoms with Gasteiger partial charge in [0.05, 0.1) is 0 Å². The van der Waals surface area contributed by atoms with E-state index < -0.39 is 28.9 Å². The van der Waals surface area contributed by atoms with Crippen molar-refractivity contribution in [2.24, 2.45) is 0 Å². The van der Waals surface area contributed by atoms with Crippen molar-refractivity contribution in [3.8, 4) is 5.75 Å². The van der Waals surface area contributed by atoms with Crippen LogP contribution >= 0.6 is 0 Å². The summed E-state index contributed by atoms with van der Waals surface area (Å²) in [6.07, 6.45) is 0. The van der Waals surface area contributed by atoms with Crippen molar-refractivity contribution in [2.45, 2.75) is 0 Å². The summed E-state index contributed by atoms with van der Waals surface area (Å²) in [6.45, 7) is 0. The number of aromatic carboxylic acids is 1. The van der Waals surface area contributed by atoms with Crippen LogP contribution < -0.4 is 0 Å². The normalized spacial score (nSPS) is 9.83. The van der Waals surface area contributed by atoms with Gasteiger partial charge >= 0.3 is 5.97 Å².